The van der Waals surface area contributed by atoms with Gasteiger partial charge in [-0.15, -0.1) is 0 Å². The van der Waals surface area contributed by atoms with Crippen LogP contribution in [0, 0.1) is 17.0 Å². The van der Waals surface area contributed by atoms with Gasteiger partial charge in [-0.25, -0.2) is 8.42 Å². The number of hydrogen-bond acceptors (Lipinski definition) is 6. The number of piperazine rings is 1. The number of phenolic OH excluding ortho intramolecular Hbond substituents is 1. The predicted molar refractivity (Wildman–Crippen MR) is 101 cm³/mol. The van der Waals surface area contributed by atoms with Gasteiger partial charge in [0.25, 0.3) is 11.6 Å². The summed E-state index contributed by atoms with van der Waals surface area (Å²) in [7, 11) is -3.91. The van der Waals surface area contributed by atoms with Crippen LogP contribution in [0.25, 0.3) is 0 Å². The molecule has 0 saturated carbocycles. The third-order valence-electron chi connectivity index (χ3n) is 4.57. The summed E-state index contributed by atoms with van der Waals surface area (Å²) < 4.78 is 26.7. The number of carbonyl (C=O) groups excluding carboxylic acids is 1. The Kier molecular flexibility index (Phi) is 5.34. The monoisotopic (exact) mass is 405 g/mol. The second kappa shape index (κ2) is 7.56. The third kappa shape index (κ3) is 3.82. The Morgan fingerprint density at radius 3 is 2.43 bits per heavy atom. The van der Waals surface area contributed by atoms with Crippen LogP contribution >= 0.6 is 0 Å². The third-order valence-corrected chi connectivity index (χ3v) is 6.47. The Bertz CT molecular complexity index is 1030. The maximum Gasteiger partial charge on any atom is 0.270 e. The number of nitro benzene ring substituents is 1. The van der Waals surface area contributed by atoms with Crippen LogP contribution in [0.2, 0.25) is 0 Å². The highest BCUT2D eigenvalue weighted by Crippen LogP contribution is 2.24. The molecule has 148 valence electrons. The minimum Gasteiger partial charge on any atom is -0.507 e. The largest absolute Gasteiger partial charge is 0.507 e. The lowest BCUT2D eigenvalue weighted by atomic mass is 10.1. The van der Waals surface area contributed by atoms with Crippen molar-refractivity contribution < 1.29 is 23.2 Å². The average molecular weight is 405 g/mol. The van der Waals surface area contributed by atoms with Gasteiger partial charge in [0.1, 0.15) is 5.75 Å². The normalized spacial score (nSPS) is 15.4. The molecule has 2 aromatic rings. The van der Waals surface area contributed by atoms with Crippen molar-refractivity contribution >= 4 is 21.6 Å². The van der Waals surface area contributed by atoms with Gasteiger partial charge in [-0.3, -0.25) is 14.9 Å². The summed E-state index contributed by atoms with van der Waals surface area (Å²) >= 11 is 0. The van der Waals surface area contributed by atoms with Gasteiger partial charge in [-0.2, -0.15) is 4.31 Å². The number of hydrogen-bond donors (Lipinski definition) is 1. The van der Waals surface area contributed by atoms with Gasteiger partial charge in [-0.05, 0) is 25.1 Å². The van der Waals surface area contributed by atoms with Crippen molar-refractivity contribution in [1.29, 1.82) is 0 Å². The number of benzene rings is 2. The standard InChI is InChI=1S/C18H19N3O6S/c1-13-5-6-17(22)16(11-13)18(23)19-7-9-20(10-8-19)28(26,27)15-4-2-3-14(12-15)21(24)25/h2-6,11-12,22H,7-10H2,1H3. The van der Waals surface area contributed by atoms with E-state index in [-0.39, 0.29) is 54.0 Å². The summed E-state index contributed by atoms with van der Waals surface area (Å²) in [6.45, 7) is 2.23. The summed E-state index contributed by atoms with van der Waals surface area (Å²) in [6.07, 6.45) is 0. The van der Waals surface area contributed by atoms with E-state index in [1.54, 1.807) is 19.1 Å². The summed E-state index contributed by atoms with van der Waals surface area (Å²) in [5, 5.41) is 20.8. The molecule has 0 bridgehead atoms. The first-order valence-electron chi connectivity index (χ1n) is 8.53. The van der Waals surface area contributed by atoms with Crippen LogP contribution in [0.15, 0.2) is 47.4 Å². The van der Waals surface area contributed by atoms with Gasteiger partial charge >= 0.3 is 0 Å². The number of aryl methyl sites for hydroxylation is 1. The molecule has 0 atom stereocenters. The van der Waals surface area contributed by atoms with E-state index in [2.05, 4.69) is 0 Å². The van der Waals surface area contributed by atoms with Crippen LogP contribution in [-0.2, 0) is 10.0 Å². The van der Waals surface area contributed by atoms with E-state index in [1.165, 1.54) is 33.5 Å². The molecule has 0 unspecified atom stereocenters. The number of phenols is 1. The SMILES string of the molecule is Cc1ccc(O)c(C(=O)N2CCN(S(=O)(=O)c3cccc([N+](=O)[O-])c3)CC2)c1. The first-order chi connectivity index (χ1) is 13.2. The lowest BCUT2D eigenvalue weighted by Crippen LogP contribution is -2.50. The van der Waals surface area contributed by atoms with Crippen molar-refractivity contribution in [3.8, 4) is 5.75 Å². The minimum atomic E-state index is -3.91. The molecule has 1 aliphatic heterocycles. The summed E-state index contributed by atoms with van der Waals surface area (Å²) in [4.78, 5) is 24.2. The number of nitrogens with zero attached hydrogens (tertiary/aromatic N) is 3. The Balaban J connectivity index is 1.74. The molecule has 1 fully saturated rings. The number of carbonyl (C=O) groups is 1. The second-order valence-electron chi connectivity index (χ2n) is 6.47. The van der Waals surface area contributed by atoms with Crippen LogP contribution in [0.1, 0.15) is 15.9 Å². The maximum atomic E-state index is 12.8. The van der Waals surface area contributed by atoms with Gasteiger partial charge < -0.3 is 10.0 Å². The van der Waals surface area contributed by atoms with E-state index in [1.807, 2.05) is 0 Å². The van der Waals surface area contributed by atoms with Gasteiger partial charge in [0, 0.05) is 38.3 Å². The molecule has 3 rings (SSSR count). The van der Waals surface area contributed by atoms with Crippen molar-refractivity contribution in [1.82, 2.24) is 9.21 Å². The Hall–Kier alpha value is -2.98. The molecule has 1 N–H and O–H groups in total. The molecule has 1 aliphatic rings. The minimum absolute atomic E-state index is 0.0589. The molecule has 28 heavy (non-hydrogen) atoms. The fourth-order valence-corrected chi connectivity index (χ4v) is 4.49. The molecule has 10 heteroatoms. The highest BCUT2D eigenvalue weighted by atomic mass is 32.2. The topological polar surface area (TPSA) is 121 Å². The average Bonchev–Trinajstić information content (AvgIpc) is 2.69. The lowest BCUT2D eigenvalue weighted by molar-refractivity contribution is -0.385. The second-order valence-corrected chi connectivity index (χ2v) is 8.41. The predicted octanol–water partition coefficient (Wildman–Crippen LogP) is 1.76. The number of aromatic hydroxyl groups is 1. The molecular weight excluding hydrogens is 386 g/mol. The smallest absolute Gasteiger partial charge is 0.270 e. The number of amides is 1. The molecule has 0 radical (unpaired) electrons. The molecule has 2 aromatic carbocycles. The fraction of sp³-hybridized carbons (Fsp3) is 0.278. The number of sulfonamides is 1. The Morgan fingerprint density at radius 1 is 1.11 bits per heavy atom. The van der Waals surface area contributed by atoms with Crippen molar-refractivity contribution in [2.45, 2.75) is 11.8 Å². The maximum absolute atomic E-state index is 12.8. The van der Waals surface area contributed by atoms with Crippen molar-refractivity contribution in [3.05, 3.63) is 63.7 Å². The highest BCUT2D eigenvalue weighted by Gasteiger charge is 2.31. The number of non-ortho nitro benzene ring substituents is 1. The Morgan fingerprint density at radius 2 is 1.79 bits per heavy atom. The molecule has 1 saturated heterocycles. The quantitative estimate of drug-likeness (QED) is 0.611. The molecule has 1 amide bonds. The zero-order valence-corrected chi connectivity index (χ0v) is 15.9. The molecule has 0 aliphatic carbocycles. The van der Waals surface area contributed by atoms with Gasteiger partial charge in [-0.1, -0.05) is 17.7 Å². The number of rotatable bonds is 4. The van der Waals surface area contributed by atoms with Crippen molar-refractivity contribution in [2.24, 2.45) is 0 Å². The van der Waals surface area contributed by atoms with Gasteiger partial charge in [0.2, 0.25) is 10.0 Å². The molecule has 0 aromatic heterocycles. The molecular formula is C18H19N3O6S. The summed E-state index contributed by atoms with van der Waals surface area (Å²) in [5.41, 5.74) is 0.702. The lowest BCUT2D eigenvalue weighted by Gasteiger charge is -2.34. The van der Waals surface area contributed by atoms with Crippen LogP contribution in [0.5, 0.6) is 5.75 Å². The van der Waals surface area contributed by atoms with E-state index < -0.39 is 14.9 Å². The summed E-state index contributed by atoms with van der Waals surface area (Å²) in [6, 6.07) is 9.61. The van der Waals surface area contributed by atoms with Crippen LogP contribution < -0.4 is 0 Å². The van der Waals surface area contributed by atoms with Crippen LogP contribution in [0.3, 0.4) is 0 Å². The van der Waals surface area contributed by atoms with E-state index in [0.717, 1.165) is 11.6 Å². The zero-order chi connectivity index (χ0) is 20.5. The first kappa shape index (κ1) is 19.8. The van der Waals surface area contributed by atoms with Crippen LogP contribution in [0.4, 0.5) is 5.69 Å². The molecule has 0 spiro atoms. The van der Waals surface area contributed by atoms with E-state index in [0.29, 0.717) is 0 Å². The van der Waals surface area contributed by atoms with E-state index >= 15 is 0 Å². The highest BCUT2D eigenvalue weighted by molar-refractivity contribution is 7.89. The molecule has 1 heterocycles. The Labute approximate surface area is 162 Å². The summed E-state index contributed by atoms with van der Waals surface area (Å²) in [5.74, 6) is -0.490. The van der Waals surface area contributed by atoms with Crippen molar-refractivity contribution in [2.75, 3.05) is 26.2 Å². The zero-order valence-electron chi connectivity index (χ0n) is 15.1. The number of nitro groups is 1. The molecule has 9 nitrogen and oxygen atoms in total. The van der Waals surface area contributed by atoms with E-state index in [4.69, 9.17) is 0 Å². The fourth-order valence-electron chi connectivity index (χ4n) is 3.03. The van der Waals surface area contributed by atoms with Gasteiger partial charge in [0.15, 0.2) is 0 Å². The first-order valence-corrected chi connectivity index (χ1v) is 9.97. The van der Waals surface area contributed by atoms with Crippen LogP contribution in [-0.4, -0.2) is 59.7 Å². The van der Waals surface area contributed by atoms with E-state index in [9.17, 15) is 28.4 Å². The van der Waals surface area contributed by atoms with Crippen molar-refractivity contribution in [3.63, 3.8) is 0 Å². The van der Waals surface area contributed by atoms with Gasteiger partial charge in [0.05, 0.1) is 15.4 Å².